The lowest BCUT2D eigenvalue weighted by atomic mass is 9.88. The van der Waals surface area contributed by atoms with Crippen LogP contribution < -0.4 is 10.6 Å². The Balaban J connectivity index is 1.44. The summed E-state index contributed by atoms with van der Waals surface area (Å²) in [6, 6.07) is 0. The minimum atomic E-state index is 0.253. The summed E-state index contributed by atoms with van der Waals surface area (Å²) < 4.78 is 0. The number of nitrogens with one attached hydrogen (secondary N) is 2. The van der Waals surface area contributed by atoms with E-state index in [4.69, 9.17) is 0 Å². The molecule has 0 aromatic heterocycles. The molecule has 2 aliphatic carbocycles. The van der Waals surface area contributed by atoms with E-state index in [1.54, 1.807) is 0 Å². The van der Waals surface area contributed by atoms with Gasteiger partial charge in [0, 0.05) is 19.6 Å². The molecule has 1 aliphatic heterocycles. The average molecular weight is 208 g/mol. The molecule has 0 aromatic carbocycles. The molecule has 2 bridgehead atoms. The third-order valence-electron chi connectivity index (χ3n) is 4.58. The predicted octanol–water partition coefficient (Wildman–Crippen LogP) is 0.758. The van der Waals surface area contributed by atoms with Gasteiger partial charge in [0.25, 0.3) is 0 Å². The van der Waals surface area contributed by atoms with E-state index in [2.05, 4.69) is 10.6 Å². The Morgan fingerprint density at radius 3 is 2.67 bits per heavy atom. The van der Waals surface area contributed by atoms with E-state index in [0.29, 0.717) is 0 Å². The summed E-state index contributed by atoms with van der Waals surface area (Å²) >= 11 is 0. The van der Waals surface area contributed by atoms with Crippen molar-refractivity contribution in [3.05, 3.63) is 0 Å². The maximum atomic E-state index is 11.6. The summed E-state index contributed by atoms with van der Waals surface area (Å²) in [4.78, 5) is 11.6. The lowest BCUT2D eigenvalue weighted by Crippen LogP contribution is -2.51. The average Bonchev–Trinajstić information content (AvgIpc) is 2.72. The Bertz CT molecular complexity index is 262. The first-order valence-electron chi connectivity index (χ1n) is 6.31. The summed E-state index contributed by atoms with van der Waals surface area (Å²) in [7, 11) is 0. The van der Waals surface area contributed by atoms with Crippen LogP contribution in [0.1, 0.15) is 25.7 Å². The quantitative estimate of drug-likeness (QED) is 0.719. The lowest BCUT2D eigenvalue weighted by molar-refractivity contribution is -0.126. The fourth-order valence-corrected chi connectivity index (χ4v) is 3.48. The SMILES string of the molecule is O=C(NCC1CC2CCC1C2)C1CNC1. The van der Waals surface area contributed by atoms with Crippen molar-refractivity contribution in [1.82, 2.24) is 10.6 Å². The summed E-state index contributed by atoms with van der Waals surface area (Å²) in [5, 5.41) is 6.27. The molecule has 3 unspecified atom stereocenters. The van der Waals surface area contributed by atoms with E-state index in [1.165, 1.54) is 25.7 Å². The fraction of sp³-hybridized carbons (Fsp3) is 0.917. The van der Waals surface area contributed by atoms with Gasteiger partial charge in [0.05, 0.1) is 5.92 Å². The minimum absolute atomic E-state index is 0.253. The van der Waals surface area contributed by atoms with Crippen LogP contribution >= 0.6 is 0 Å². The number of carbonyl (C=O) groups is 1. The summed E-state index contributed by atoms with van der Waals surface area (Å²) in [5.74, 6) is 3.23. The summed E-state index contributed by atoms with van der Waals surface area (Å²) in [6.45, 7) is 2.70. The Morgan fingerprint density at radius 2 is 2.13 bits per heavy atom. The highest BCUT2D eigenvalue weighted by Gasteiger charge is 2.39. The van der Waals surface area contributed by atoms with Gasteiger partial charge in [0.15, 0.2) is 0 Å². The van der Waals surface area contributed by atoms with Crippen LogP contribution in [0.5, 0.6) is 0 Å². The molecule has 15 heavy (non-hydrogen) atoms. The van der Waals surface area contributed by atoms with Gasteiger partial charge < -0.3 is 10.6 Å². The van der Waals surface area contributed by atoms with Crippen molar-refractivity contribution in [3.8, 4) is 0 Å². The second kappa shape index (κ2) is 3.78. The van der Waals surface area contributed by atoms with Gasteiger partial charge in [-0.15, -0.1) is 0 Å². The molecule has 3 fully saturated rings. The zero-order valence-electron chi connectivity index (χ0n) is 9.17. The van der Waals surface area contributed by atoms with Gasteiger partial charge in [0.1, 0.15) is 0 Å². The van der Waals surface area contributed by atoms with E-state index in [-0.39, 0.29) is 11.8 Å². The molecule has 3 nitrogen and oxygen atoms in total. The highest BCUT2D eigenvalue weighted by atomic mass is 16.2. The molecular formula is C12H20N2O. The molecule has 0 radical (unpaired) electrons. The zero-order valence-corrected chi connectivity index (χ0v) is 9.17. The molecule has 2 saturated carbocycles. The third kappa shape index (κ3) is 1.78. The molecule has 3 aliphatic rings. The Labute approximate surface area is 91.0 Å². The second-order valence-corrected chi connectivity index (χ2v) is 5.54. The van der Waals surface area contributed by atoms with Crippen LogP contribution in [-0.2, 0) is 4.79 Å². The highest BCUT2D eigenvalue weighted by molar-refractivity contribution is 5.79. The lowest BCUT2D eigenvalue weighted by Gasteiger charge is -2.28. The molecule has 3 rings (SSSR count). The topological polar surface area (TPSA) is 41.1 Å². The van der Waals surface area contributed by atoms with Crippen LogP contribution in [0.3, 0.4) is 0 Å². The van der Waals surface area contributed by atoms with Gasteiger partial charge >= 0.3 is 0 Å². The standard InChI is InChI=1S/C12H20N2O/c15-12(11-5-13-6-11)14-7-10-4-8-1-2-9(10)3-8/h8-11,13H,1-7H2,(H,14,15). The van der Waals surface area contributed by atoms with Crippen LogP contribution in [0.15, 0.2) is 0 Å². The minimum Gasteiger partial charge on any atom is -0.355 e. The van der Waals surface area contributed by atoms with Crippen LogP contribution in [0, 0.1) is 23.7 Å². The smallest absolute Gasteiger partial charge is 0.225 e. The fourth-order valence-electron chi connectivity index (χ4n) is 3.48. The number of carbonyl (C=O) groups excluding carboxylic acids is 1. The Hall–Kier alpha value is -0.570. The van der Waals surface area contributed by atoms with E-state index in [0.717, 1.165) is 37.4 Å². The van der Waals surface area contributed by atoms with Crippen molar-refractivity contribution < 1.29 is 4.79 Å². The molecule has 2 N–H and O–H groups in total. The third-order valence-corrected chi connectivity index (χ3v) is 4.58. The molecule has 1 heterocycles. The first kappa shape index (κ1) is 9.64. The van der Waals surface area contributed by atoms with Gasteiger partial charge in [0.2, 0.25) is 5.91 Å². The zero-order chi connectivity index (χ0) is 10.3. The van der Waals surface area contributed by atoms with Gasteiger partial charge in [-0.05, 0) is 37.0 Å². The molecule has 0 spiro atoms. The highest BCUT2D eigenvalue weighted by Crippen LogP contribution is 2.47. The number of rotatable bonds is 3. The number of amides is 1. The van der Waals surface area contributed by atoms with Gasteiger partial charge in [-0.2, -0.15) is 0 Å². The van der Waals surface area contributed by atoms with Gasteiger partial charge in [-0.1, -0.05) is 6.42 Å². The van der Waals surface area contributed by atoms with Crippen LogP contribution in [0.4, 0.5) is 0 Å². The van der Waals surface area contributed by atoms with Crippen LogP contribution in [-0.4, -0.2) is 25.5 Å². The van der Waals surface area contributed by atoms with Crippen molar-refractivity contribution in [2.75, 3.05) is 19.6 Å². The van der Waals surface area contributed by atoms with Crippen LogP contribution in [0.2, 0.25) is 0 Å². The van der Waals surface area contributed by atoms with Gasteiger partial charge in [-0.25, -0.2) is 0 Å². The van der Waals surface area contributed by atoms with Crippen molar-refractivity contribution >= 4 is 5.91 Å². The second-order valence-electron chi connectivity index (χ2n) is 5.54. The van der Waals surface area contributed by atoms with E-state index in [1.807, 2.05) is 0 Å². The van der Waals surface area contributed by atoms with Crippen molar-refractivity contribution in [2.45, 2.75) is 25.7 Å². The normalized spacial score (nSPS) is 39.1. The maximum absolute atomic E-state index is 11.6. The van der Waals surface area contributed by atoms with Crippen molar-refractivity contribution in [3.63, 3.8) is 0 Å². The molecule has 1 saturated heterocycles. The van der Waals surface area contributed by atoms with Gasteiger partial charge in [-0.3, -0.25) is 4.79 Å². The molecule has 1 amide bonds. The first-order chi connectivity index (χ1) is 7.33. The largest absolute Gasteiger partial charge is 0.355 e. The predicted molar refractivity (Wildman–Crippen MR) is 58.3 cm³/mol. The molecule has 0 aromatic rings. The molecule has 3 atom stereocenters. The summed E-state index contributed by atoms with van der Waals surface area (Å²) in [5.41, 5.74) is 0. The molecule has 3 heteroatoms. The Kier molecular flexibility index (Phi) is 2.43. The van der Waals surface area contributed by atoms with Crippen LogP contribution in [0.25, 0.3) is 0 Å². The number of hydrogen-bond donors (Lipinski definition) is 2. The number of fused-ring (bicyclic) bond motifs is 2. The number of hydrogen-bond acceptors (Lipinski definition) is 2. The molecular weight excluding hydrogens is 188 g/mol. The van der Waals surface area contributed by atoms with E-state index < -0.39 is 0 Å². The maximum Gasteiger partial charge on any atom is 0.225 e. The van der Waals surface area contributed by atoms with Crippen molar-refractivity contribution in [1.29, 1.82) is 0 Å². The van der Waals surface area contributed by atoms with Crippen molar-refractivity contribution in [2.24, 2.45) is 23.7 Å². The first-order valence-corrected chi connectivity index (χ1v) is 6.31. The van der Waals surface area contributed by atoms with E-state index >= 15 is 0 Å². The van der Waals surface area contributed by atoms with E-state index in [9.17, 15) is 4.79 Å². The molecule has 84 valence electrons. The monoisotopic (exact) mass is 208 g/mol. The summed E-state index contributed by atoms with van der Waals surface area (Å²) in [6.07, 6.45) is 5.66. The Morgan fingerprint density at radius 1 is 1.27 bits per heavy atom.